The molecule has 3 N–H and O–H groups in total. The molecule has 3 aliphatic heterocycles. The second kappa shape index (κ2) is 10.9. The number of benzene rings is 2. The van der Waals surface area contributed by atoms with Crippen molar-refractivity contribution in [3.05, 3.63) is 77.6 Å². The Hall–Kier alpha value is -4.15. The Balaban J connectivity index is 1.09. The van der Waals surface area contributed by atoms with Gasteiger partial charge < -0.3 is 34.7 Å². The molecule has 0 spiro atoms. The number of anilines is 1. The Kier molecular flexibility index (Phi) is 7.04. The fraction of sp³-hybridized carbons (Fsp3) is 0.345. The van der Waals surface area contributed by atoms with E-state index < -0.39 is 6.10 Å². The molecule has 1 saturated heterocycles. The van der Waals surface area contributed by atoms with Crippen LogP contribution < -0.4 is 24.8 Å². The van der Waals surface area contributed by atoms with E-state index >= 15 is 0 Å². The van der Waals surface area contributed by atoms with Crippen LogP contribution in [0.25, 0.3) is 0 Å². The highest BCUT2D eigenvalue weighted by Crippen LogP contribution is 2.47. The van der Waals surface area contributed by atoms with Crippen LogP contribution in [0.4, 0.5) is 5.69 Å². The highest BCUT2D eigenvalue weighted by Gasteiger charge is 2.46. The van der Waals surface area contributed by atoms with Crippen molar-refractivity contribution >= 4 is 17.5 Å². The van der Waals surface area contributed by atoms with E-state index in [1.54, 1.807) is 18.5 Å². The Morgan fingerprint density at radius 1 is 0.949 bits per heavy atom. The Bertz CT molecular complexity index is 1370. The summed E-state index contributed by atoms with van der Waals surface area (Å²) in [4.78, 5) is 29.3. The van der Waals surface area contributed by atoms with Gasteiger partial charge >= 0.3 is 0 Å². The summed E-state index contributed by atoms with van der Waals surface area (Å²) in [5.74, 6) is 1.71. The van der Waals surface area contributed by atoms with E-state index in [-0.39, 0.29) is 56.2 Å². The van der Waals surface area contributed by atoms with Crippen molar-refractivity contribution < 1.29 is 33.6 Å². The number of fused-ring (bicyclic) bond motifs is 4. The molecule has 0 unspecified atom stereocenters. The van der Waals surface area contributed by atoms with Gasteiger partial charge in [0, 0.05) is 36.1 Å². The molecule has 39 heavy (non-hydrogen) atoms. The first-order chi connectivity index (χ1) is 19.1. The lowest BCUT2D eigenvalue weighted by Crippen LogP contribution is -2.47. The first-order valence-corrected chi connectivity index (χ1v) is 13.0. The molecule has 202 valence electrons. The first kappa shape index (κ1) is 25.1. The van der Waals surface area contributed by atoms with Crippen molar-refractivity contribution in [1.82, 2.24) is 10.3 Å². The van der Waals surface area contributed by atoms with E-state index in [4.69, 9.17) is 18.9 Å². The molecule has 1 fully saturated rings. The molecule has 4 heterocycles. The van der Waals surface area contributed by atoms with E-state index in [9.17, 15) is 14.7 Å². The molecule has 3 aromatic rings. The number of aliphatic hydroxyl groups is 1. The van der Waals surface area contributed by atoms with E-state index in [0.29, 0.717) is 35.9 Å². The van der Waals surface area contributed by atoms with Crippen molar-refractivity contribution in [2.75, 3.05) is 18.7 Å². The topological polar surface area (TPSA) is 128 Å². The minimum absolute atomic E-state index is 0.0744. The maximum Gasteiger partial charge on any atom is 0.231 e. The minimum atomic E-state index is -0.562. The molecule has 10 nitrogen and oxygen atoms in total. The van der Waals surface area contributed by atoms with Crippen LogP contribution >= 0.6 is 0 Å². The van der Waals surface area contributed by atoms with Gasteiger partial charge in [-0.25, -0.2) is 0 Å². The molecule has 0 saturated carbocycles. The monoisotopic (exact) mass is 531 g/mol. The number of hydrogen-bond acceptors (Lipinski definition) is 8. The van der Waals surface area contributed by atoms with E-state index in [0.717, 1.165) is 16.7 Å². The molecule has 4 atom stereocenters. The molecule has 6 rings (SSSR count). The summed E-state index contributed by atoms with van der Waals surface area (Å²) in [5, 5.41) is 15.9. The second-order valence-corrected chi connectivity index (χ2v) is 9.91. The van der Waals surface area contributed by atoms with Gasteiger partial charge in [-0.3, -0.25) is 14.6 Å². The number of hydrogen-bond donors (Lipinski definition) is 3. The van der Waals surface area contributed by atoms with Crippen LogP contribution in [0.1, 0.15) is 35.4 Å². The fourth-order valence-corrected chi connectivity index (χ4v) is 5.39. The molecule has 10 heteroatoms. The number of rotatable bonds is 8. The lowest BCUT2D eigenvalue weighted by Gasteiger charge is -2.37. The number of ether oxygens (including phenoxy) is 4. The highest BCUT2D eigenvalue weighted by molar-refractivity contribution is 5.92. The van der Waals surface area contributed by atoms with Crippen LogP contribution in [0, 0.1) is 0 Å². The molecule has 0 bridgehead atoms. The Labute approximate surface area is 225 Å². The second-order valence-electron chi connectivity index (χ2n) is 9.91. The molecule has 1 aromatic heterocycles. The average molecular weight is 532 g/mol. The summed E-state index contributed by atoms with van der Waals surface area (Å²) in [6.45, 7) is 0.330. The van der Waals surface area contributed by atoms with Gasteiger partial charge in [-0.05, 0) is 60.0 Å². The van der Waals surface area contributed by atoms with E-state index in [1.807, 2.05) is 42.5 Å². The predicted octanol–water partition coefficient (Wildman–Crippen LogP) is 2.69. The summed E-state index contributed by atoms with van der Waals surface area (Å²) in [6.07, 6.45) is 2.96. The highest BCUT2D eigenvalue weighted by atomic mass is 16.7. The zero-order chi connectivity index (χ0) is 26.8. The summed E-state index contributed by atoms with van der Waals surface area (Å²) in [7, 11) is 0. The van der Waals surface area contributed by atoms with Gasteiger partial charge in [0.2, 0.25) is 18.6 Å². The SMILES string of the molecule is O=C(C[C@@H]1C[C@@H]2c3cc(NC(=O)Cc4ccncc4)ccc3O[C@@H]2[C@H](CO)O1)NCc1ccc2c(c1)OCO2. The zero-order valence-corrected chi connectivity index (χ0v) is 21.2. The summed E-state index contributed by atoms with van der Waals surface area (Å²) in [6, 6.07) is 14.7. The molecular formula is C29H29N3O7. The maximum absolute atomic E-state index is 12.8. The Morgan fingerprint density at radius 2 is 1.77 bits per heavy atom. The predicted molar refractivity (Wildman–Crippen MR) is 140 cm³/mol. The maximum atomic E-state index is 12.8. The number of carbonyl (C=O) groups excluding carboxylic acids is 2. The smallest absolute Gasteiger partial charge is 0.231 e. The summed E-state index contributed by atoms with van der Waals surface area (Å²) in [5.41, 5.74) is 3.39. The number of aliphatic hydroxyl groups excluding tert-OH is 1. The largest absolute Gasteiger partial charge is 0.487 e. The van der Waals surface area contributed by atoms with Crippen molar-refractivity contribution in [1.29, 1.82) is 0 Å². The molecule has 0 radical (unpaired) electrons. The zero-order valence-electron chi connectivity index (χ0n) is 21.2. The van der Waals surface area contributed by atoms with Crippen molar-refractivity contribution in [2.45, 2.75) is 50.0 Å². The van der Waals surface area contributed by atoms with Crippen LogP contribution in [0.5, 0.6) is 17.2 Å². The van der Waals surface area contributed by atoms with Gasteiger partial charge in [-0.1, -0.05) is 6.07 Å². The van der Waals surface area contributed by atoms with Crippen molar-refractivity contribution in [3.8, 4) is 17.2 Å². The molecular weight excluding hydrogens is 502 g/mol. The number of pyridine rings is 1. The number of nitrogens with one attached hydrogen (secondary N) is 2. The van der Waals surface area contributed by atoms with Crippen molar-refractivity contribution in [2.24, 2.45) is 0 Å². The third-order valence-corrected chi connectivity index (χ3v) is 7.24. The van der Waals surface area contributed by atoms with Gasteiger partial charge in [0.25, 0.3) is 0 Å². The lowest BCUT2D eigenvalue weighted by atomic mass is 9.84. The number of nitrogens with zero attached hydrogens (tertiary/aromatic N) is 1. The molecule has 0 aliphatic carbocycles. The normalized spacial score (nSPS) is 22.4. The third-order valence-electron chi connectivity index (χ3n) is 7.24. The van der Waals surface area contributed by atoms with E-state index in [1.165, 1.54) is 0 Å². The summed E-state index contributed by atoms with van der Waals surface area (Å²) >= 11 is 0. The molecule has 3 aliphatic rings. The summed E-state index contributed by atoms with van der Waals surface area (Å²) < 4.78 is 22.9. The molecule has 2 amide bonds. The van der Waals surface area contributed by atoms with Gasteiger partial charge in [-0.2, -0.15) is 0 Å². The van der Waals surface area contributed by atoms with Crippen LogP contribution in [0.15, 0.2) is 60.9 Å². The van der Waals surface area contributed by atoms with Crippen LogP contribution in [-0.2, 0) is 27.3 Å². The number of aromatic nitrogens is 1. The van der Waals surface area contributed by atoms with Crippen molar-refractivity contribution in [3.63, 3.8) is 0 Å². The van der Waals surface area contributed by atoms with Gasteiger partial charge in [0.05, 0.1) is 25.6 Å². The van der Waals surface area contributed by atoms with Crippen LogP contribution in [0.2, 0.25) is 0 Å². The van der Waals surface area contributed by atoms with Crippen LogP contribution in [-0.4, -0.2) is 53.6 Å². The van der Waals surface area contributed by atoms with Gasteiger partial charge in [0.15, 0.2) is 11.5 Å². The first-order valence-electron chi connectivity index (χ1n) is 13.0. The lowest BCUT2D eigenvalue weighted by molar-refractivity contribution is -0.142. The van der Waals surface area contributed by atoms with Gasteiger partial charge in [0.1, 0.15) is 18.0 Å². The van der Waals surface area contributed by atoms with Gasteiger partial charge in [-0.15, -0.1) is 0 Å². The third kappa shape index (κ3) is 5.52. The minimum Gasteiger partial charge on any atom is -0.487 e. The fourth-order valence-electron chi connectivity index (χ4n) is 5.39. The quantitative estimate of drug-likeness (QED) is 0.405. The molecule has 2 aromatic carbocycles. The number of amides is 2. The van der Waals surface area contributed by atoms with E-state index in [2.05, 4.69) is 15.6 Å². The van der Waals surface area contributed by atoms with Crippen LogP contribution in [0.3, 0.4) is 0 Å². The average Bonchev–Trinajstić information content (AvgIpc) is 3.56. The Morgan fingerprint density at radius 3 is 2.62 bits per heavy atom. The standard InChI is InChI=1S/C29H29N3O7/c33-15-26-29-22(12-20(38-26)13-27(34)31-14-18-1-3-24-25(9-18)37-16-36-24)21-11-19(2-4-23(21)39-29)32-28(35)10-17-5-7-30-8-6-17/h1-9,11,20,22,26,29,33H,10,12-16H2,(H,31,34)(H,32,35)/t20-,22+,26-,29-/m0/s1. The number of carbonyl (C=O) groups is 2.